The van der Waals surface area contributed by atoms with Gasteiger partial charge in [0.25, 0.3) is 0 Å². The smallest absolute Gasteiger partial charge is 0.326 e. The largest absolute Gasteiger partial charge is 0.480 e. The Hall–Kier alpha value is -2.08. The molecule has 1 aromatic carbocycles. The maximum Gasteiger partial charge on any atom is 0.326 e. The predicted octanol–water partition coefficient (Wildman–Crippen LogP) is 1.41. The van der Waals surface area contributed by atoms with E-state index in [9.17, 15) is 9.59 Å². The van der Waals surface area contributed by atoms with Crippen molar-refractivity contribution in [3.05, 3.63) is 35.9 Å². The molecule has 0 saturated heterocycles. The summed E-state index contributed by atoms with van der Waals surface area (Å²) in [6.45, 7) is 3.57. The van der Waals surface area contributed by atoms with Crippen LogP contribution < -0.4 is 10.6 Å². The van der Waals surface area contributed by atoms with Crippen molar-refractivity contribution < 1.29 is 19.4 Å². The van der Waals surface area contributed by atoms with E-state index in [4.69, 9.17) is 9.84 Å². The van der Waals surface area contributed by atoms with Crippen LogP contribution in [0.5, 0.6) is 0 Å². The second-order valence-corrected chi connectivity index (χ2v) is 4.53. The summed E-state index contributed by atoms with van der Waals surface area (Å²) < 4.78 is 5.15. The molecule has 0 aliphatic heterocycles. The first kappa shape index (κ1) is 17.0. The number of urea groups is 1. The minimum Gasteiger partial charge on any atom is -0.480 e. The normalized spacial score (nSPS) is 11.7. The standard InChI is InChI=1S/C15H22N2O4/c1-2-21-10-6-9-16-15(20)17-13(14(18)19)11-12-7-4-3-5-8-12/h3-5,7-8,13H,2,6,9-11H2,1H3,(H,18,19)(H2,16,17,20). The molecule has 0 aliphatic carbocycles. The number of ether oxygens (including phenoxy) is 1. The number of carbonyl (C=O) groups is 2. The minimum atomic E-state index is -1.05. The Bertz CT molecular complexity index is 437. The Balaban J connectivity index is 2.36. The average molecular weight is 294 g/mol. The van der Waals surface area contributed by atoms with Gasteiger partial charge in [-0.05, 0) is 18.9 Å². The number of nitrogens with one attached hydrogen (secondary N) is 2. The molecular formula is C15H22N2O4. The van der Waals surface area contributed by atoms with Crippen molar-refractivity contribution in [3.8, 4) is 0 Å². The monoisotopic (exact) mass is 294 g/mol. The van der Waals surface area contributed by atoms with Gasteiger partial charge in [-0.1, -0.05) is 30.3 Å². The van der Waals surface area contributed by atoms with Gasteiger partial charge in [0.15, 0.2) is 0 Å². The highest BCUT2D eigenvalue weighted by Gasteiger charge is 2.19. The molecule has 3 N–H and O–H groups in total. The predicted molar refractivity (Wildman–Crippen MR) is 79.2 cm³/mol. The molecule has 116 valence electrons. The van der Waals surface area contributed by atoms with Gasteiger partial charge in [0.1, 0.15) is 6.04 Å². The zero-order valence-electron chi connectivity index (χ0n) is 12.2. The fourth-order valence-electron chi connectivity index (χ4n) is 1.78. The summed E-state index contributed by atoms with van der Waals surface area (Å²) in [4.78, 5) is 22.8. The highest BCUT2D eigenvalue weighted by atomic mass is 16.5. The zero-order valence-corrected chi connectivity index (χ0v) is 12.2. The third kappa shape index (κ3) is 7.31. The molecule has 2 amide bonds. The van der Waals surface area contributed by atoms with Crippen LogP contribution >= 0.6 is 0 Å². The van der Waals surface area contributed by atoms with Crippen molar-refractivity contribution in [3.63, 3.8) is 0 Å². The number of hydrogen-bond acceptors (Lipinski definition) is 3. The van der Waals surface area contributed by atoms with E-state index in [1.54, 1.807) is 0 Å². The first-order valence-corrected chi connectivity index (χ1v) is 7.02. The molecule has 0 aromatic heterocycles. The van der Waals surface area contributed by atoms with Gasteiger partial charge in [-0.15, -0.1) is 0 Å². The van der Waals surface area contributed by atoms with Crippen LogP contribution in [0.1, 0.15) is 18.9 Å². The van der Waals surface area contributed by atoms with E-state index in [0.717, 1.165) is 5.56 Å². The Labute approximate surface area is 124 Å². The summed E-state index contributed by atoms with van der Waals surface area (Å²) in [6, 6.07) is 7.77. The van der Waals surface area contributed by atoms with Crippen LogP contribution in [0.2, 0.25) is 0 Å². The number of amides is 2. The van der Waals surface area contributed by atoms with E-state index in [2.05, 4.69) is 10.6 Å². The maximum absolute atomic E-state index is 11.7. The van der Waals surface area contributed by atoms with Gasteiger partial charge in [0, 0.05) is 26.2 Å². The summed E-state index contributed by atoms with van der Waals surface area (Å²) in [6.07, 6.45) is 0.945. The molecule has 0 saturated carbocycles. The number of rotatable bonds is 9. The first-order valence-electron chi connectivity index (χ1n) is 7.02. The number of aliphatic carboxylic acids is 1. The molecule has 0 radical (unpaired) electrons. The topological polar surface area (TPSA) is 87.7 Å². The van der Waals surface area contributed by atoms with Crippen molar-refractivity contribution in [1.82, 2.24) is 10.6 Å². The van der Waals surface area contributed by atoms with Gasteiger partial charge in [0.2, 0.25) is 0 Å². The maximum atomic E-state index is 11.7. The second-order valence-electron chi connectivity index (χ2n) is 4.53. The highest BCUT2D eigenvalue weighted by Crippen LogP contribution is 2.03. The van der Waals surface area contributed by atoms with Crippen molar-refractivity contribution in [2.45, 2.75) is 25.8 Å². The Morgan fingerprint density at radius 2 is 2.00 bits per heavy atom. The minimum absolute atomic E-state index is 0.253. The summed E-state index contributed by atoms with van der Waals surface area (Å²) in [5, 5.41) is 14.2. The van der Waals surface area contributed by atoms with Gasteiger partial charge in [-0.2, -0.15) is 0 Å². The molecule has 6 heteroatoms. The molecule has 1 rings (SSSR count). The third-order valence-electron chi connectivity index (χ3n) is 2.84. The Morgan fingerprint density at radius 1 is 1.29 bits per heavy atom. The lowest BCUT2D eigenvalue weighted by Crippen LogP contribution is -2.47. The molecule has 0 bridgehead atoms. The van der Waals surface area contributed by atoms with Gasteiger partial charge < -0.3 is 20.5 Å². The van der Waals surface area contributed by atoms with Gasteiger partial charge in [-0.3, -0.25) is 0 Å². The van der Waals surface area contributed by atoms with Crippen molar-refractivity contribution >= 4 is 12.0 Å². The van der Waals surface area contributed by atoms with Crippen molar-refractivity contribution in [2.24, 2.45) is 0 Å². The number of carboxylic acid groups (broad SMARTS) is 1. The quantitative estimate of drug-likeness (QED) is 0.601. The Kier molecular flexibility index (Phi) is 7.89. The zero-order chi connectivity index (χ0) is 15.5. The fraction of sp³-hybridized carbons (Fsp3) is 0.467. The second kappa shape index (κ2) is 9.77. The number of hydrogen-bond donors (Lipinski definition) is 3. The molecule has 1 unspecified atom stereocenters. The molecule has 0 heterocycles. The molecule has 21 heavy (non-hydrogen) atoms. The number of carbonyl (C=O) groups excluding carboxylic acids is 1. The summed E-state index contributed by atoms with van der Waals surface area (Å²) in [7, 11) is 0. The molecular weight excluding hydrogens is 272 g/mol. The molecule has 0 fully saturated rings. The first-order chi connectivity index (χ1) is 10.1. The highest BCUT2D eigenvalue weighted by molar-refractivity contribution is 5.82. The fourth-order valence-corrected chi connectivity index (χ4v) is 1.78. The van der Waals surface area contributed by atoms with Gasteiger partial charge >= 0.3 is 12.0 Å². The van der Waals surface area contributed by atoms with Gasteiger partial charge in [-0.25, -0.2) is 9.59 Å². The molecule has 0 aliphatic rings. The van der Waals surface area contributed by atoms with E-state index < -0.39 is 18.0 Å². The van der Waals surface area contributed by atoms with Crippen molar-refractivity contribution in [2.75, 3.05) is 19.8 Å². The summed E-state index contributed by atoms with van der Waals surface area (Å²) >= 11 is 0. The molecule has 1 atom stereocenters. The average Bonchev–Trinajstić information content (AvgIpc) is 2.47. The van der Waals surface area contributed by atoms with Crippen LogP contribution in [0.3, 0.4) is 0 Å². The van der Waals surface area contributed by atoms with E-state index in [1.807, 2.05) is 37.3 Å². The van der Waals surface area contributed by atoms with Crippen LogP contribution in [0.25, 0.3) is 0 Å². The van der Waals surface area contributed by atoms with E-state index in [1.165, 1.54) is 0 Å². The SMILES string of the molecule is CCOCCCNC(=O)NC(Cc1ccccc1)C(=O)O. The van der Waals surface area contributed by atoms with Crippen LogP contribution in [0, 0.1) is 0 Å². The van der Waals surface area contributed by atoms with E-state index in [0.29, 0.717) is 26.2 Å². The number of benzene rings is 1. The Morgan fingerprint density at radius 3 is 2.62 bits per heavy atom. The summed E-state index contributed by atoms with van der Waals surface area (Å²) in [5.41, 5.74) is 0.863. The van der Waals surface area contributed by atoms with Crippen molar-refractivity contribution in [1.29, 1.82) is 0 Å². The molecule has 1 aromatic rings. The van der Waals surface area contributed by atoms with E-state index >= 15 is 0 Å². The lowest BCUT2D eigenvalue weighted by atomic mass is 10.1. The van der Waals surface area contributed by atoms with Crippen LogP contribution in [0.15, 0.2) is 30.3 Å². The summed E-state index contributed by atoms with van der Waals surface area (Å²) in [5.74, 6) is -1.05. The van der Waals surface area contributed by atoms with E-state index in [-0.39, 0.29) is 6.42 Å². The number of carboxylic acids is 1. The molecule has 6 nitrogen and oxygen atoms in total. The van der Waals surface area contributed by atoms with Gasteiger partial charge in [0.05, 0.1) is 0 Å². The van der Waals surface area contributed by atoms with Crippen LogP contribution in [-0.4, -0.2) is 42.9 Å². The van der Waals surface area contributed by atoms with Crippen LogP contribution in [-0.2, 0) is 16.0 Å². The lowest BCUT2D eigenvalue weighted by Gasteiger charge is -2.15. The molecule has 0 spiro atoms. The third-order valence-corrected chi connectivity index (χ3v) is 2.84. The van der Waals surface area contributed by atoms with Crippen LogP contribution in [0.4, 0.5) is 4.79 Å². The lowest BCUT2D eigenvalue weighted by molar-refractivity contribution is -0.139.